The van der Waals surface area contributed by atoms with Crippen molar-refractivity contribution in [2.45, 2.75) is 31.5 Å². The number of fused-ring (bicyclic) bond motifs is 1. The number of rotatable bonds is 5. The Kier molecular flexibility index (Phi) is 5.59. The summed E-state index contributed by atoms with van der Waals surface area (Å²) in [5, 5.41) is 11.5. The van der Waals surface area contributed by atoms with Gasteiger partial charge in [0.15, 0.2) is 12.6 Å². The molecule has 1 aromatic rings. The molecule has 3 heterocycles. The van der Waals surface area contributed by atoms with Crippen molar-refractivity contribution in [2.24, 2.45) is 0 Å². The number of morpholine rings is 1. The second kappa shape index (κ2) is 8.34. The summed E-state index contributed by atoms with van der Waals surface area (Å²) in [5.41, 5.74) is 0.909. The molecule has 3 aliphatic rings. The molecule has 164 valence electrons. The third-order valence-electron chi connectivity index (χ3n) is 5.62. The number of nitrogens with one attached hydrogen (secondary N) is 1. The van der Waals surface area contributed by atoms with E-state index >= 15 is 0 Å². The SMILES string of the molecule is O=C1CCC(N2Cc3c(OCC(=O)N4CCOCC4C(=O)O)cccc3C2=O)C(=O)N1. The summed E-state index contributed by atoms with van der Waals surface area (Å²) < 4.78 is 10.8. The third kappa shape index (κ3) is 3.96. The first kappa shape index (κ1) is 20.8. The molecule has 11 nitrogen and oxygen atoms in total. The Balaban J connectivity index is 1.46. The Morgan fingerprint density at radius 2 is 2.06 bits per heavy atom. The number of hydrogen-bond acceptors (Lipinski definition) is 7. The van der Waals surface area contributed by atoms with E-state index in [0.717, 1.165) is 0 Å². The molecule has 11 heteroatoms. The summed E-state index contributed by atoms with van der Waals surface area (Å²) in [4.78, 5) is 62.9. The normalized spacial score (nSPS) is 23.4. The minimum absolute atomic E-state index is 0.0861. The van der Waals surface area contributed by atoms with Gasteiger partial charge in [0.25, 0.3) is 11.8 Å². The van der Waals surface area contributed by atoms with Gasteiger partial charge in [-0.05, 0) is 18.6 Å². The second-order valence-electron chi connectivity index (χ2n) is 7.49. The topological polar surface area (TPSA) is 143 Å². The Morgan fingerprint density at radius 1 is 1.26 bits per heavy atom. The zero-order chi connectivity index (χ0) is 22.1. The van der Waals surface area contributed by atoms with E-state index in [1.54, 1.807) is 18.2 Å². The highest BCUT2D eigenvalue weighted by Crippen LogP contribution is 2.33. The maximum atomic E-state index is 12.8. The van der Waals surface area contributed by atoms with Crippen molar-refractivity contribution in [2.75, 3.05) is 26.4 Å². The number of nitrogens with zero attached hydrogens (tertiary/aromatic N) is 2. The van der Waals surface area contributed by atoms with Gasteiger partial charge in [0, 0.05) is 24.1 Å². The summed E-state index contributed by atoms with van der Waals surface area (Å²) >= 11 is 0. The fraction of sp³-hybridized carbons (Fsp3) is 0.450. The molecular weight excluding hydrogens is 410 g/mol. The van der Waals surface area contributed by atoms with Crippen molar-refractivity contribution in [1.29, 1.82) is 0 Å². The standard InChI is InChI=1S/C20H21N3O8/c24-16-5-4-13(18(26)21-16)23-8-12-11(19(23)27)2-1-3-15(12)31-10-17(25)22-6-7-30-9-14(22)20(28)29/h1-3,13-14H,4-10H2,(H,28,29)(H,21,24,26). The van der Waals surface area contributed by atoms with E-state index in [9.17, 15) is 29.1 Å². The summed E-state index contributed by atoms with van der Waals surface area (Å²) in [5.74, 6) is -2.56. The van der Waals surface area contributed by atoms with Crippen LogP contribution in [0.15, 0.2) is 18.2 Å². The second-order valence-corrected chi connectivity index (χ2v) is 7.49. The molecule has 4 amide bonds. The van der Waals surface area contributed by atoms with Crippen molar-refractivity contribution >= 4 is 29.6 Å². The summed E-state index contributed by atoms with van der Waals surface area (Å²) in [7, 11) is 0. The Labute approximate surface area is 176 Å². The van der Waals surface area contributed by atoms with Crippen LogP contribution >= 0.6 is 0 Å². The molecule has 0 bridgehead atoms. The number of ether oxygens (including phenoxy) is 2. The molecule has 2 fully saturated rings. The molecule has 2 atom stereocenters. The van der Waals surface area contributed by atoms with Gasteiger partial charge in [0.1, 0.15) is 11.8 Å². The molecule has 0 saturated carbocycles. The Hall–Kier alpha value is -3.47. The Morgan fingerprint density at radius 3 is 2.81 bits per heavy atom. The third-order valence-corrected chi connectivity index (χ3v) is 5.62. The van der Waals surface area contributed by atoms with Gasteiger partial charge in [-0.25, -0.2) is 4.79 Å². The Bertz CT molecular complexity index is 962. The molecule has 3 aliphatic heterocycles. The molecule has 0 spiro atoms. The van der Waals surface area contributed by atoms with Crippen molar-refractivity contribution < 1.29 is 38.6 Å². The van der Waals surface area contributed by atoms with E-state index in [0.29, 0.717) is 16.9 Å². The summed E-state index contributed by atoms with van der Waals surface area (Å²) in [6, 6.07) is 3.01. The number of carboxylic acids is 1. The summed E-state index contributed by atoms with van der Waals surface area (Å²) in [6.07, 6.45) is 0.394. The van der Waals surface area contributed by atoms with Crippen molar-refractivity contribution in [3.05, 3.63) is 29.3 Å². The lowest BCUT2D eigenvalue weighted by molar-refractivity contribution is -0.159. The average Bonchev–Trinajstić information content (AvgIpc) is 3.09. The lowest BCUT2D eigenvalue weighted by Gasteiger charge is -2.32. The first-order valence-corrected chi connectivity index (χ1v) is 9.86. The highest BCUT2D eigenvalue weighted by atomic mass is 16.5. The van der Waals surface area contributed by atoms with E-state index in [-0.39, 0.29) is 51.0 Å². The number of carbonyl (C=O) groups excluding carboxylic acids is 4. The van der Waals surface area contributed by atoms with Crippen LogP contribution in [0.4, 0.5) is 0 Å². The van der Waals surface area contributed by atoms with Crippen molar-refractivity contribution in [3.8, 4) is 5.75 Å². The van der Waals surface area contributed by atoms with Crippen LogP contribution in [-0.4, -0.2) is 83.0 Å². The monoisotopic (exact) mass is 431 g/mol. The van der Waals surface area contributed by atoms with Crippen LogP contribution in [0.5, 0.6) is 5.75 Å². The number of carboxylic acid groups (broad SMARTS) is 1. The maximum absolute atomic E-state index is 12.8. The fourth-order valence-electron chi connectivity index (χ4n) is 4.02. The molecule has 31 heavy (non-hydrogen) atoms. The number of amides is 4. The van der Waals surface area contributed by atoms with Crippen LogP contribution in [0.1, 0.15) is 28.8 Å². The van der Waals surface area contributed by atoms with Crippen molar-refractivity contribution in [3.63, 3.8) is 0 Å². The highest BCUT2D eigenvalue weighted by molar-refractivity contribution is 6.05. The van der Waals surface area contributed by atoms with E-state index in [2.05, 4.69) is 5.32 Å². The van der Waals surface area contributed by atoms with Crippen LogP contribution in [-0.2, 0) is 30.5 Å². The van der Waals surface area contributed by atoms with Gasteiger partial charge < -0.3 is 24.4 Å². The van der Waals surface area contributed by atoms with Gasteiger partial charge in [-0.15, -0.1) is 0 Å². The van der Waals surface area contributed by atoms with Gasteiger partial charge >= 0.3 is 5.97 Å². The van der Waals surface area contributed by atoms with Gasteiger partial charge in [0.05, 0.1) is 19.8 Å². The molecular formula is C20H21N3O8. The first-order chi connectivity index (χ1) is 14.9. The first-order valence-electron chi connectivity index (χ1n) is 9.86. The molecule has 4 rings (SSSR count). The number of imide groups is 1. The predicted molar refractivity (Wildman–Crippen MR) is 102 cm³/mol. The van der Waals surface area contributed by atoms with Crippen LogP contribution < -0.4 is 10.1 Å². The molecule has 0 aliphatic carbocycles. The number of carbonyl (C=O) groups is 5. The number of hydrogen-bond donors (Lipinski definition) is 2. The van der Waals surface area contributed by atoms with E-state index < -0.39 is 36.5 Å². The largest absolute Gasteiger partial charge is 0.483 e. The highest BCUT2D eigenvalue weighted by Gasteiger charge is 2.40. The van der Waals surface area contributed by atoms with Crippen LogP contribution in [0, 0.1) is 0 Å². The molecule has 0 radical (unpaired) electrons. The average molecular weight is 431 g/mol. The maximum Gasteiger partial charge on any atom is 0.328 e. The zero-order valence-corrected chi connectivity index (χ0v) is 16.5. The van der Waals surface area contributed by atoms with Crippen LogP contribution in [0.2, 0.25) is 0 Å². The number of piperidine rings is 1. The molecule has 2 N–H and O–H groups in total. The van der Waals surface area contributed by atoms with E-state index in [1.165, 1.54) is 9.80 Å². The molecule has 2 unspecified atom stereocenters. The number of aliphatic carboxylic acids is 1. The van der Waals surface area contributed by atoms with Gasteiger partial charge in [0.2, 0.25) is 11.8 Å². The van der Waals surface area contributed by atoms with Crippen molar-refractivity contribution in [1.82, 2.24) is 15.1 Å². The van der Waals surface area contributed by atoms with E-state index in [4.69, 9.17) is 9.47 Å². The smallest absolute Gasteiger partial charge is 0.328 e. The van der Waals surface area contributed by atoms with Crippen LogP contribution in [0.25, 0.3) is 0 Å². The summed E-state index contributed by atoms with van der Waals surface area (Å²) in [6.45, 7) is 0.0175. The van der Waals surface area contributed by atoms with Crippen LogP contribution in [0.3, 0.4) is 0 Å². The molecule has 2 saturated heterocycles. The predicted octanol–water partition coefficient (Wildman–Crippen LogP) is -0.862. The quantitative estimate of drug-likeness (QED) is 0.574. The molecule has 1 aromatic carbocycles. The lowest BCUT2D eigenvalue weighted by atomic mass is 10.0. The minimum Gasteiger partial charge on any atom is -0.483 e. The van der Waals surface area contributed by atoms with Gasteiger partial charge in [-0.3, -0.25) is 24.5 Å². The lowest BCUT2D eigenvalue weighted by Crippen LogP contribution is -2.53. The van der Waals surface area contributed by atoms with E-state index in [1.807, 2.05) is 0 Å². The molecule has 0 aromatic heterocycles. The van der Waals surface area contributed by atoms with Gasteiger partial charge in [-0.2, -0.15) is 0 Å². The fourth-order valence-corrected chi connectivity index (χ4v) is 4.02. The van der Waals surface area contributed by atoms with Gasteiger partial charge in [-0.1, -0.05) is 6.07 Å². The zero-order valence-electron chi connectivity index (χ0n) is 16.5. The minimum atomic E-state index is -1.15. The number of benzene rings is 1.